The summed E-state index contributed by atoms with van der Waals surface area (Å²) >= 11 is 7.28. The summed E-state index contributed by atoms with van der Waals surface area (Å²) in [6.07, 6.45) is 0. The van der Waals surface area contributed by atoms with Crippen molar-refractivity contribution in [1.82, 2.24) is 14.6 Å². The summed E-state index contributed by atoms with van der Waals surface area (Å²) in [5, 5.41) is 9.11. The largest absolute Gasteiger partial charge is 0.494 e. The van der Waals surface area contributed by atoms with Crippen LogP contribution in [0, 0.1) is 0 Å². The molecule has 126 valence electrons. The lowest BCUT2D eigenvalue weighted by atomic mass is 10.2. The Bertz CT molecular complexity index is 1120. The molecule has 0 radical (unpaired) electrons. The monoisotopic (exact) mass is 372 g/mol. The number of fused-ring (bicyclic) bond motifs is 2. The minimum absolute atomic E-state index is 0.215. The van der Waals surface area contributed by atoms with Crippen LogP contribution in [-0.4, -0.2) is 21.2 Å². The van der Waals surface area contributed by atoms with Crippen molar-refractivity contribution in [3.8, 4) is 5.75 Å². The van der Waals surface area contributed by atoms with Gasteiger partial charge in [0.15, 0.2) is 0 Å². The van der Waals surface area contributed by atoms with Crippen molar-refractivity contribution >= 4 is 49.6 Å². The van der Waals surface area contributed by atoms with Crippen LogP contribution in [0.5, 0.6) is 5.75 Å². The summed E-state index contributed by atoms with van der Waals surface area (Å²) in [4.78, 5) is 17.5. The number of rotatable bonds is 4. The molecular weight excluding hydrogens is 360 g/mol. The fraction of sp³-hybridized carbons (Fsp3) is 0.118. The second-order valence-electron chi connectivity index (χ2n) is 5.26. The van der Waals surface area contributed by atoms with E-state index in [0.717, 1.165) is 11.4 Å². The normalized spacial score (nSPS) is 11.1. The summed E-state index contributed by atoms with van der Waals surface area (Å²) in [6, 6.07) is 12.5. The SMILES string of the molecule is CCOc1ccc(Nc2nn3c(=O)c4ccc(Cl)cc4nc3s2)cc1. The molecule has 4 aromatic rings. The van der Waals surface area contributed by atoms with E-state index in [4.69, 9.17) is 16.3 Å². The number of halogens is 1. The molecule has 0 aliphatic rings. The molecule has 0 bridgehead atoms. The number of nitrogens with zero attached hydrogens (tertiary/aromatic N) is 3. The summed E-state index contributed by atoms with van der Waals surface area (Å²) in [5.41, 5.74) is 1.20. The summed E-state index contributed by atoms with van der Waals surface area (Å²) in [6.45, 7) is 2.56. The van der Waals surface area contributed by atoms with Crippen LogP contribution in [0.1, 0.15) is 6.92 Å². The van der Waals surface area contributed by atoms with Crippen LogP contribution >= 0.6 is 22.9 Å². The number of benzene rings is 2. The summed E-state index contributed by atoms with van der Waals surface area (Å²) in [7, 11) is 0. The highest BCUT2D eigenvalue weighted by Gasteiger charge is 2.11. The molecule has 2 aromatic carbocycles. The molecule has 0 saturated heterocycles. The third-order valence-corrected chi connectivity index (χ3v) is 4.63. The third-order valence-electron chi connectivity index (χ3n) is 3.58. The Hall–Kier alpha value is -2.64. The van der Waals surface area contributed by atoms with Crippen molar-refractivity contribution in [2.75, 3.05) is 11.9 Å². The molecule has 0 spiro atoms. The van der Waals surface area contributed by atoms with Crippen molar-refractivity contribution in [3.05, 3.63) is 57.8 Å². The zero-order valence-electron chi connectivity index (χ0n) is 13.2. The second kappa shape index (κ2) is 6.34. The molecule has 0 fully saturated rings. The maximum Gasteiger partial charge on any atom is 0.283 e. The quantitative estimate of drug-likeness (QED) is 0.584. The van der Waals surface area contributed by atoms with E-state index < -0.39 is 0 Å². The van der Waals surface area contributed by atoms with E-state index in [-0.39, 0.29) is 5.56 Å². The Morgan fingerprint density at radius 2 is 2.04 bits per heavy atom. The highest BCUT2D eigenvalue weighted by Crippen LogP contribution is 2.25. The van der Waals surface area contributed by atoms with E-state index in [0.29, 0.717) is 32.6 Å². The average molecular weight is 373 g/mol. The standard InChI is InChI=1S/C17H13ClN4O2S/c1-2-24-12-6-4-11(5-7-12)19-16-21-22-15(23)13-8-3-10(18)9-14(13)20-17(22)25-16/h3-9H,2H2,1H3,(H,19,21). The van der Waals surface area contributed by atoms with E-state index in [1.807, 2.05) is 31.2 Å². The number of anilines is 2. The highest BCUT2D eigenvalue weighted by molar-refractivity contribution is 7.20. The van der Waals surface area contributed by atoms with Crippen molar-refractivity contribution in [3.63, 3.8) is 0 Å². The Morgan fingerprint density at radius 1 is 1.24 bits per heavy atom. The Kier molecular flexibility index (Phi) is 4.03. The van der Waals surface area contributed by atoms with Crippen LogP contribution in [0.4, 0.5) is 10.8 Å². The molecule has 4 rings (SSSR count). The van der Waals surface area contributed by atoms with E-state index in [2.05, 4.69) is 15.4 Å². The first-order valence-electron chi connectivity index (χ1n) is 7.63. The van der Waals surface area contributed by atoms with Crippen molar-refractivity contribution in [1.29, 1.82) is 0 Å². The molecule has 0 unspecified atom stereocenters. The number of hydrogen-bond donors (Lipinski definition) is 1. The molecule has 8 heteroatoms. The number of nitrogens with one attached hydrogen (secondary N) is 1. The van der Waals surface area contributed by atoms with Gasteiger partial charge in [-0.3, -0.25) is 4.79 Å². The van der Waals surface area contributed by atoms with Crippen LogP contribution in [-0.2, 0) is 0 Å². The molecule has 0 aliphatic heterocycles. The Morgan fingerprint density at radius 3 is 2.80 bits per heavy atom. The third kappa shape index (κ3) is 3.04. The van der Waals surface area contributed by atoms with Gasteiger partial charge in [-0.2, -0.15) is 4.52 Å². The zero-order valence-corrected chi connectivity index (χ0v) is 14.8. The number of hydrogen-bond acceptors (Lipinski definition) is 6. The van der Waals surface area contributed by atoms with Gasteiger partial charge in [-0.15, -0.1) is 5.10 Å². The van der Waals surface area contributed by atoms with Gasteiger partial charge in [-0.25, -0.2) is 4.98 Å². The minimum atomic E-state index is -0.215. The van der Waals surface area contributed by atoms with Crippen LogP contribution in [0.25, 0.3) is 15.9 Å². The van der Waals surface area contributed by atoms with E-state index in [9.17, 15) is 4.79 Å². The summed E-state index contributed by atoms with van der Waals surface area (Å²) in [5.74, 6) is 0.804. The van der Waals surface area contributed by atoms with Gasteiger partial charge in [-0.1, -0.05) is 22.9 Å². The lowest BCUT2D eigenvalue weighted by Gasteiger charge is -2.04. The Labute approximate surface area is 151 Å². The van der Waals surface area contributed by atoms with Gasteiger partial charge in [0.25, 0.3) is 5.56 Å². The van der Waals surface area contributed by atoms with Gasteiger partial charge in [-0.05, 0) is 49.4 Å². The molecule has 0 amide bonds. The average Bonchev–Trinajstić information content (AvgIpc) is 2.99. The second-order valence-corrected chi connectivity index (χ2v) is 6.65. The number of ether oxygens (including phenoxy) is 1. The van der Waals surface area contributed by atoms with E-state index in [1.54, 1.807) is 18.2 Å². The van der Waals surface area contributed by atoms with Crippen molar-refractivity contribution in [2.45, 2.75) is 6.92 Å². The van der Waals surface area contributed by atoms with Gasteiger partial charge in [0, 0.05) is 10.7 Å². The van der Waals surface area contributed by atoms with E-state index >= 15 is 0 Å². The smallest absolute Gasteiger partial charge is 0.283 e. The van der Waals surface area contributed by atoms with Gasteiger partial charge < -0.3 is 10.1 Å². The minimum Gasteiger partial charge on any atom is -0.494 e. The predicted molar refractivity (Wildman–Crippen MR) is 101 cm³/mol. The molecule has 2 heterocycles. The fourth-order valence-corrected chi connectivity index (χ4v) is 3.44. The van der Waals surface area contributed by atoms with Crippen LogP contribution in [0.3, 0.4) is 0 Å². The van der Waals surface area contributed by atoms with Gasteiger partial charge in [0.2, 0.25) is 10.1 Å². The molecule has 25 heavy (non-hydrogen) atoms. The molecule has 6 nitrogen and oxygen atoms in total. The maximum absolute atomic E-state index is 12.6. The molecule has 2 aromatic heterocycles. The zero-order chi connectivity index (χ0) is 17.4. The van der Waals surface area contributed by atoms with Gasteiger partial charge in [0.1, 0.15) is 5.75 Å². The lowest BCUT2D eigenvalue weighted by Crippen LogP contribution is -2.15. The molecule has 0 saturated carbocycles. The van der Waals surface area contributed by atoms with E-state index in [1.165, 1.54) is 15.9 Å². The molecule has 0 aliphatic carbocycles. The summed E-state index contributed by atoms with van der Waals surface area (Å²) < 4.78 is 6.72. The lowest BCUT2D eigenvalue weighted by molar-refractivity contribution is 0.340. The Balaban J connectivity index is 1.72. The van der Waals surface area contributed by atoms with Crippen LogP contribution in [0.2, 0.25) is 5.02 Å². The highest BCUT2D eigenvalue weighted by atomic mass is 35.5. The first kappa shape index (κ1) is 15.9. The van der Waals surface area contributed by atoms with Crippen LogP contribution in [0.15, 0.2) is 47.3 Å². The topological polar surface area (TPSA) is 68.5 Å². The first-order valence-corrected chi connectivity index (χ1v) is 8.82. The molecule has 1 N–H and O–H groups in total. The predicted octanol–water partition coefficient (Wildman–Crippen LogP) is 4.10. The maximum atomic E-state index is 12.6. The van der Waals surface area contributed by atoms with Crippen molar-refractivity contribution in [2.24, 2.45) is 0 Å². The molecular formula is C17H13ClN4O2S. The molecule has 0 atom stereocenters. The van der Waals surface area contributed by atoms with Gasteiger partial charge in [0.05, 0.1) is 17.5 Å². The fourth-order valence-electron chi connectivity index (χ4n) is 2.46. The number of aromatic nitrogens is 3. The van der Waals surface area contributed by atoms with Crippen LogP contribution < -0.4 is 15.6 Å². The first-order chi connectivity index (χ1) is 12.1. The van der Waals surface area contributed by atoms with Crippen molar-refractivity contribution < 1.29 is 4.74 Å². The van der Waals surface area contributed by atoms with Gasteiger partial charge >= 0.3 is 0 Å².